The van der Waals surface area contributed by atoms with Gasteiger partial charge in [0.15, 0.2) is 11.5 Å². The maximum absolute atomic E-state index is 12.4. The van der Waals surface area contributed by atoms with Gasteiger partial charge in [0.2, 0.25) is 0 Å². The lowest BCUT2D eigenvalue weighted by Gasteiger charge is -2.13. The van der Waals surface area contributed by atoms with Gasteiger partial charge in [-0.3, -0.25) is 0 Å². The Morgan fingerprint density at radius 3 is 2.32 bits per heavy atom. The van der Waals surface area contributed by atoms with Gasteiger partial charge in [0.1, 0.15) is 0 Å². The van der Waals surface area contributed by atoms with Crippen LogP contribution < -0.4 is 20.1 Å². The SMILES string of the molecule is CCOc1cc(CNC(=O)NCc2ccccc2)ccc1OC(F)F. The van der Waals surface area contributed by atoms with Gasteiger partial charge < -0.3 is 20.1 Å². The van der Waals surface area contributed by atoms with Gasteiger partial charge >= 0.3 is 12.6 Å². The average molecular weight is 350 g/mol. The highest BCUT2D eigenvalue weighted by Crippen LogP contribution is 2.29. The minimum atomic E-state index is -2.92. The molecule has 0 aliphatic heterocycles. The lowest BCUT2D eigenvalue weighted by Crippen LogP contribution is -2.34. The molecule has 0 radical (unpaired) electrons. The van der Waals surface area contributed by atoms with Crippen molar-refractivity contribution in [1.29, 1.82) is 0 Å². The standard InChI is InChI=1S/C18H20F2N2O3/c1-2-24-16-10-14(8-9-15(16)25-17(19)20)12-22-18(23)21-11-13-6-4-3-5-7-13/h3-10,17H,2,11-12H2,1H3,(H2,21,22,23). The summed E-state index contributed by atoms with van der Waals surface area (Å²) in [5.74, 6) is 0.181. The van der Waals surface area contributed by atoms with Gasteiger partial charge in [0.05, 0.1) is 6.61 Å². The molecular weight excluding hydrogens is 330 g/mol. The van der Waals surface area contributed by atoms with E-state index < -0.39 is 6.61 Å². The lowest BCUT2D eigenvalue weighted by atomic mass is 10.2. The summed E-state index contributed by atoms with van der Waals surface area (Å²) in [6.07, 6.45) is 0. The number of alkyl halides is 2. The van der Waals surface area contributed by atoms with Crippen molar-refractivity contribution in [3.63, 3.8) is 0 Å². The quantitative estimate of drug-likeness (QED) is 0.763. The number of amides is 2. The second kappa shape index (κ2) is 9.46. The monoisotopic (exact) mass is 350 g/mol. The Labute approximate surface area is 144 Å². The zero-order valence-corrected chi connectivity index (χ0v) is 13.8. The molecule has 0 bridgehead atoms. The number of ether oxygens (including phenoxy) is 2. The van der Waals surface area contributed by atoms with Crippen molar-refractivity contribution in [1.82, 2.24) is 10.6 Å². The van der Waals surface area contributed by atoms with Crippen LogP contribution in [0.1, 0.15) is 18.1 Å². The van der Waals surface area contributed by atoms with Gasteiger partial charge in [0, 0.05) is 13.1 Å². The van der Waals surface area contributed by atoms with Crippen molar-refractivity contribution < 1.29 is 23.0 Å². The van der Waals surface area contributed by atoms with Gasteiger partial charge in [-0.25, -0.2) is 4.79 Å². The maximum Gasteiger partial charge on any atom is 0.387 e. The Hall–Kier alpha value is -2.83. The van der Waals surface area contributed by atoms with Crippen LogP contribution >= 0.6 is 0 Å². The van der Waals surface area contributed by atoms with Crippen LogP contribution in [-0.2, 0) is 13.1 Å². The van der Waals surface area contributed by atoms with Gasteiger partial charge in [0.25, 0.3) is 0 Å². The first-order valence-electron chi connectivity index (χ1n) is 7.84. The summed E-state index contributed by atoms with van der Waals surface area (Å²) in [5, 5.41) is 5.45. The molecule has 0 unspecified atom stereocenters. The first-order valence-corrected chi connectivity index (χ1v) is 7.84. The van der Waals surface area contributed by atoms with E-state index in [9.17, 15) is 13.6 Å². The third kappa shape index (κ3) is 6.29. The molecule has 0 saturated carbocycles. The molecule has 0 aliphatic carbocycles. The summed E-state index contributed by atoms with van der Waals surface area (Å²) < 4.78 is 34.5. The van der Waals surface area contributed by atoms with E-state index in [0.29, 0.717) is 18.7 Å². The molecule has 7 heteroatoms. The van der Waals surface area contributed by atoms with E-state index in [1.54, 1.807) is 19.1 Å². The molecule has 0 spiro atoms. The number of nitrogens with one attached hydrogen (secondary N) is 2. The Balaban J connectivity index is 1.88. The molecule has 2 rings (SSSR count). The lowest BCUT2D eigenvalue weighted by molar-refractivity contribution is -0.0514. The second-order valence-electron chi connectivity index (χ2n) is 5.11. The number of urea groups is 1. The average Bonchev–Trinajstić information content (AvgIpc) is 2.61. The third-order valence-corrected chi connectivity index (χ3v) is 3.27. The summed E-state index contributed by atoms with van der Waals surface area (Å²) in [6, 6.07) is 13.8. The Bertz CT molecular complexity index is 681. The number of hydrogen-bond donors (Lipinski definition) is 2. The predicted octanol–water partition coefficient (Wildman–Crippen LogP) is 3.69. The summed E-state index contributed by atoms with van der Waals surface area (Å²) in [4.78, 5) is 11.8. The van der Waals surface area contributed by atoms with Crippen LogP contribution in [-0.4, -0.2) is 19.2 Å². The summed E-state index contributed by atoms with van der Waals surface area (Å²) >= 11 is 0. The van der Waals surface area contributed by atoms with E-state index in [4.69, 9.17) is 4.74 Å². The fourth-order valence-electron chi connectivity index (χ4n) is 2.15. The van der Waals surface area contributed by atoms with Crippen molar-refractivity contribution in [2.24, 2.45) is 0 Å². The molecule has 2 N–H and O–H groups in total. The molecule has 0 saturated heterocycles. The van der Waals surface area contributed by atoms with Crippen molar-refractivity contribution in [2.75, 3.05) is 6.61 Å². The minimum absolute atomic E-state index is 0.0332. The zero-order valence-electron chi connectivity index (χ0n) is 13.8. The minimum Gasteiger partial charge on any atom is -0.490 e. The van der Waals surface area contributed by atoms with Crippen molar-refractivity contribution in [2.45, 2.75) is 26.6 Å². The van der Waals surface area contributed by atoms with Crippen molar-refractivity contribution in [3.05, 3.63) is 59.7 Å². The molecule has 0 aromatic heterocycles. The smallest absolute Gasteiger partial charge is 0.387 e. The van der Waals surface area contributed by atoms with Crippen LogP contribution in [0.5, 0.6) is 11.5 Å². The highest BCUT2D eigenvalue weighted by atomic mass is 19.3. The van der Waals surface area contributed by atoms with E-state index >= 15 is 0 Å². The number of benzene rings is 2. The van der Waals surface area contributed by atoms with E-state index in [2.05, 4.69) is 15.4 Å². The van der Waals surface area contributed by atoms with Gasteiger partial charge in [-0.15, -0.1) is 0 Å². The van der Waals surface area contributed by atoms with Crippen LogP contribution in [0.2, 0.25) is 0 Å². The summed E-state index contributed by atoms with van der Waals surface area (Å²) in [6.45, 7) is -0.220. The zero-order chi connectivity index (χ0) is 18.1. The molecule has 5 nitrogen and oxygen atoms in total. The van der Waals surface area contributed by atoms with E-state index in [-0.39, 0.29) is 24.1 Å². The van der Waals surface area contributed by atoms with Gasteiger partial charge in [-0.05, 0) is 30.2 Å². The van der Waals surface area contributed by atoms with Crippen LogP contribution in [0.15, 0.2) is 48.5 Å². The number of carbonyl (C=O) groups is 1. The molecular formula is C18H20F2N2O3. The maximum atomic E-state index is 12.4. The van der Waals surface area contributed by atoms with Crippen LogP contribution in [0.25, 0.3) is 0 Å². The fourth-order valence-corrected chi connectivity index (χ4v) is 2.15. The number of carbonyl (C=O) groups excluding carboxylic acids is 1. The predicted molar refractivity (Wildman–Crippen MR) is 89.8 cm³/mol. The van der Waals surface area contributed by atoms with Crippen molar-refractivity contribution >= 4 is 6.03 Å². The number of rotatable bonds is 8. The number of halogens is 2. The van der Waals surface area contributed by atoms with Crippen LogP contribution in [0.3, 0.4) is 0 Å². The van der Waals surface area contributed by atoms with Gasteiger partial charge in [-0.2, -0.15) is 8.78 Å². The van der Waals surface area contributed by atoms with Crippen LogP contribution in [0.4, 0.5) is 13.6 Å². The normalized spacial score (nSPS) is 10.4. The molecule has 0 heterocycles. The van der Waals surface area contributed by atoms with Crippen molar-refractivity contribution in [3.8, 4) is 11.5 Å². The molecule has 0 fully saturated rings. The largest absolute Gasteiger partial charge is 0.490 e. The highest BCUT2D eigenvalue weighted by molar-refractivity contribution is 5.73. The molecule has 134 valence electrons. The summed E-state index contributed by atoms with van der Waals surface area (Å²) in [5.41, 5.74) is 1.70. The number of hydrogen-bond acceptors (Lipinski definition) is 3. The molecule has 0 aliphatic rings. The first-order chi connectivity index (χ1) is 12.1. The Kier molecular flexibility index (Phi) is 7.00. The second-order valence-corrected chi connectivity index (χ2v) is 5.11. The summed E-state index contributed by atoms with van der Waals surface area (Å²) in [7, 11) is 0. The van der Waals surface area contributed by atoms with E-state index in [0.717, 1.165) is 5.56 Å². The van der Waals surface area contributed by atoms with E-state index in [1.807, 2.05) is 30.3 Å². The molecule has 2 aromatic rings. The first kappa shape index (κ1) is 18.5. The molecule has 0 atom stereocenters. The molecule has 2 aromatic carbocycles. The van der Waals surface area contributed by atoms with E-state index in [1.165, 1.54) is 6.07 Å². The third-order valence-electron chi connectivity index (χ3n) is 3.27. The molecule has 2 amide bonds. The Morgan fingerprint density at radius 2 is 1.68 bits per heavy atom. The molecule has 25 heavy (non-hydrogen) atoms. The Morgan fingerprint density at radius 1 is 1.00 bits per heavy atom. The van der Waals surface area contributed by atoms with Gasteiger partial charge in [-0.1, -0.05) is 36.4 Å². The topological polar surface area (TPSA) is 59.6 Å². The fraction of sp³-hybridized carbons (Fsp3) is 0.278. The highest BCUT2D eigenvalue weighted by Gasteiger charge is 2.12. The van der Waals surface area contributed by atoms with Crippen LogP contribution in [0, 0.1) is 0 Å².